The number of carboxylic acid groups (broad SMARTS) is 1. The van der Waals surface area contributed by atoms with Crippen molar-refractivity contribution in [3.63, 3.8) is 0 Å². The molecule has 1 aromatic carbocycles. The number of rotatable bonds is 8. The van der Waals surface area contributed by atoms with Crippen molar-refractivity contribution in [2.24, 2.45) is 5.92 Å². The van der Waals surface area contributed by atoms with E-state index in [9.17, 15) is 19.2 Å². The first-order valence-corrected chi connectivity index (χ1v) is 12.0. The lowest BCUT2D eigenvalue weighted by molar-refractivity contribution is -0.138. The number of furan rings is 1. The standard InChI is InChI=1S/C26H30N2O7/c1-15-14-34-21-12-22-20(11-19(15)21)16(2)18(26(33)35-22)7-8-23(29)28-10-4-5-17(13-28)25(32)27-9-3-6-24(30)31/h11-12,14,17H,3-10,13H2,1-2H3,(H,27,32)(H,30,31)/t17-/m1/s1. The number of amides is 2. The number of hydrogen-bond acceptors (Lipinski definition) is 6. The van der Waals surface area contributed by atoms with Crippen LogP contribution in [0.15, 0.2) is 32.0 Å². The van der Waals surface area contributed by atoms with E-state index in [1.165, 1.54) is 0 Å². The Balaban J connectivity index is 1.40. The van der Waals surface area contributed by atoms with E-state index >= 15 is 0 Å². The van der Waals surface area contributed by atoms with Crippen LogP contribution in [0.5, 0.6) is 0 Å². The maximum atomic E-state index is 12.9. The largest absolute Gasteiger partial charge is 0.481 e. The van der Waals surface area contributed by atoms with Crippen molar-refractivity contribution in [3.8, 4) is 0 Å². The molecule has 1 atom stereocenters. The number of nitrogens with one attached hydrogen (secondary N) is 1. The molecule has 0 radical (unpaired) electrons. The monoisotopic (exact) mass is 482 g/mol. The molecule has 2 aromatic heterocycles. The number of fused-ring (bicyclic) bond motifs is 2. The molecule has 3 aromatic rings. The molecule has 1 fully saturated rings. The van der Waals surface area contributed by atoms with E-state index in [4.69, 9.17) is 13.9 Å². The van der Waals surface area contributed by atoms with E-state index in [1.54, 1.807) is 17.2 Å². The van der Waals surface area contributed by atoms with Crippen molar-refractivity contribution in [2.75, 3.05) is 19.6 Å². The fraction of sp³-hybridized carbons (Fsp3) is 0.462. The molecule has 186 valence electrons. The van der Waals surface area contributed by atoms with Gasteiger partial charge in [-0.1, -0.05) is 0 Å². The molecule has 4 rings (SSSR count). The van der Waals surface area contributed by atoms with Crippen LogP contribution in [0, 0.1) is 19.8 Å². The van der Waals surface area contributed by atoms with Gasteiger partial charge in [-0.2, -0.15) is 0 Å². The van der Waals surface area contributed by atoms with Crippen molar-refractivity contribution >= 4 is 39.7 Å². The van der Waals surface area contributed by atoms with Gasteiger partial charge in [0.25, 0.3) is 0 Å². The number of aliphatic carboxylic acids is 1. The van der Waals surface area contributed by atoms with Crippen LogP contribution in [0.2, 0.25) is 0 Å². The predicted molar refractivity (Wildman–Crippen MR) is 129 cm³/mol. The minimum absolute atomic E-state index is 0.00426. The second kappa shape index (κ2) is 10.3. The molecule has 2 N–H and O–H groups in total. The molecule has 35 heavy (non-hydrogen) atoms. The lowest BCUT2D eigenvalue weighted by Crippen LogP contribution is -2.45. The van der Waals surface area contributed by atoms with Gasteiger partial charge in [0, 0.05) is 54.9 Å². The maximum Gasteiger partial charge on any atom is 0.339 e. The molecule has 0 aliphatic carbocycles. The van der Waals surface area contributed by atoms with Crippen molar-refractivity contribution in [3.05, 3.63) is 45.5 Å². The van der Waals surface area contributed by atoms with E-state index in [0.29, 0.717) is 49.2 Å². The highest BCUT2D eigenvalue weighted by atomic mass is 16.4. The minimum Gasteiger partial charge on any atom is -0.481 e. The number of nitrogens with zero attached hydrogens (tertiary/aromatic N) is 1. The Hall–Kier alpha value is -3.62. The summed E-state index contributed by atoms with van der Waals surface area (Å²) in [6, 6.07) is 3.68. The zero-order chi connectivity index (χ0) is 25.1. The molecule has 9 heteroatoms. The Bertz CT molecular complexity index is 1340. The summed E-state index contributed by atoms with van der Waals surface area (Å²) in [6.07, 6.45) is 3.85. The number of piperidine rings is 1. The summed E-state index contributed by atoms with van der Waals surface area (Å²) in [4.78, 5) is 50.3. The normalized spacial score (nSPS) is 16.1. The summed E-state index contributed by atoms with van der Waals surface area (Å²) in [5.41, 5.74) is 2.93. The number of carbonyl (C=O) groups is 3. The van der Waals surface area contributed by atoms with E-state index in [2.05, 4.69) is 5.32 Å². The Morgan fingerprint density at radius 2 is 1.94 bits per heavy atom. The molecule has 0 unspecified atom stereocenters. The van der Waals surface area contributed by atoms with E-state index < -0.39 is 11.6 Å². The second-order valence-corrected chi connectivity index (χ2v) is 9.22. The van der Waals surface area contributed by atoms with Crippen LogP contribution in [0.4, 0.5) is 0 Å². The topological polar surface area (TPSA) is 130 Å². The molecule has 1 aliphatic heterocycles. The first-order chi connectivity index (χ1) is 16.7. The van der Waals surface area contributed by atoms with Gasteiger partial charge in [0.05, 0.1) is 12.2 Å². The van der Waals surface area contributed by atoms with Crippen LogP contribution in [0.1, 0.15) is 48.8 Å². The number of hydrogen-bond donors (Lipinski definition) is 2. The van der Waals surface area contributed by atoms with Crippen LogP contribution in [0.25, 0.3) is 21.9 Å². The highest BCUT2D eigenvalue weighted by Gasteiger charge is 2.28. The predicted octanol–water partition coefficient (Wildman–Crippen LogP) is 3.31. The first-order valence-electron chi connectivity index (χ1n) is 12.0. The Labute approximate surface area is 202 Å². The van der Waals surface area contributed by atoms with Crippen LogP contribution >= 0.6 is 0 Å². The van der Waals surface area contributed by atoms with Gasteiger partial charge in [0.15, 0.2) is 0 Å². The third-order valence-corrected chi connectivity index (χ3v) is 6.78. The summed E-state index contributed by atoms with van der Waals surface area (Å²) < 4.78 is 11.1. The number of carbonyl (C=O) groups excluding carboxylic acids is 2. The van der Waals surface area contributed by atoms with Gasteiger partial charge in [-0.3, -0.25) is 14.4 Å². The lowest BCUT2D eigenvalue weighted by atomic mass is 9.96. The van der Waals surface area contributed by atoms with Gasteiger partial charge >= 0.3 is 11.6 Å². The molecule has 0 saturated carbocycles. The quantitative estimate of drug-likeness (QED) is 0.372. The van der Waals surface area contributed by atoms with E-state index in [1.807, 2.05) is 19.9 Å². The summed E-state index contributed by atoms with van der Waals surface area (Å²) in [5, 5.41) is 13.2. The highest BCUT2D eigenvalue weighted by Crippen LogP contribution is 2.29. The third-order valence-electron chi connectivity index (χ3n) is 6.78. The lowest BCUT2D eigenvalue weighted by Gasteiger charge is -2.32. The molecule has 0 bridgehead atoms. The van der Waals surface area contributed by atoms with Crippen LogP contribution in [0.3, 0.4) is 0 Å². The van der Waals surface area contributed by atoms with Crippen molar-refractivity contribution in [2.45, 2.75) is 52.4 Å². The number of carboxylic acids is 1. The molecular formula is C26H30N2O7. The molecule has 9 nitrogen and oxygen atoms in total. The van der Waals surface area contributed by atoms with Gasteiger partial charge < -0.3 is 24.2 Å². The SMILES string of the molecule is Cc1coc2cc3oc(=O)c(CCC(=O)N4CCC[C@@H](C(=O)NCCCC(=O)O)C4)c(C)c3cc12. The minimum atomic E-state index is -0.894. The van der Waals surface area contributed by atoms with Gasteiger partial charge in [-0.25, -0.2) is 4.79 Å². The second-order valence-electron chi connectivity index (χ2n) is 9.22. The zero-order valence-corrected chi connectivity index (χ0v) is 20.0. The average Bonchev–Trinajstić information content (AvgIpc) is 3.19. The fourth-order valence-electron chi connectivity index (χ4n) is 4.73. The van der Waals surface area contributed by atoms with Gasteiger partial charge in [-0.15, -0.1) is 0 Å². The third kappa shape index (κ3) is 5.39. The van der Waals surface area contributed by atoms with Gasteiger partial charge in [-0.05, 0) is 56.7 Å². The zero-order valence-electron chi connectivity index (χ0n) is 20.0. The highest BCUT2D eigenvalue weighted by molar-refractivity contribution is 5.96. The van der Waals surface area contributed by atoms with Gasteiger partial charge in [0.1, 0.15) is 11.2 Å². The van der Waals surface area contributed by atoms with Crippen LogP contribution in [-0.2, 0) is 20.8 Å². The van der Waals surface area contributed by atoms with E-state index in [-0.39, 0.29) is 37.0 Å². The van der Waals surface area contributed by atoms with Crippen LogP contribution < -0.4 is 10.9 Å². The Kier molecular flexibility index (Phi) is 7.23. The Morgan fingerprint density at radius 1 is 1.14 bits per heavy atom. The molecular weight excluding hydrogens is 452 g/mol. The summed E-state index contributed by atoms with van der Waals surface area (Å²) in [6.45, 7) is 5.02. The van der Waals surface area contributed by atoms with E-state index in [0.717, 1.165) is 28.3 Å². The number of likely N-dealkylation sites (tertiary alicyclic amines) is 1. The maximum absolute atomic E-state index is 12.9. The Morgan fingerprint density at radius 3 is 2.71 bits per heavy atom. The molecule has 1 aliphatic rings. The van der Waals surface area contributed by atoms with Crippen molar-refractivity contribution < 1.29 is 28.3 Å². The summed E-state index contributed by atoms with van der Waals surface area (Å²) in [7, 11) is 0. The van der Waals surface area contributed by atoms with Crippen LogP contribution in [-0.4, -0.2) is 47.4 Å². The summed E-state index contributed by atoms with van der Waals surface area (Å²) >= 11 is 0. The average molecular weight is 483 g/mol. The smallest absolute Gasteiger partial charge is 0.339 e. The molecule has 3 heterocycles. The molecule has 1 saturated heterocycles. The first kappa shape index (κ1) is 24.5. The van der Waals surface area contributed by atoms with Crippen molar-refractivity contribution in [1.29, 1.82) is 0 Å². The van der Waals surface area contributed by atoms with Crippen molar-refractivity contribution in [1.82, 2.24) is 10.2 Å². The summed E-state index contributed by atoms with van der Waals surface area (Å²) in [5.74, 6) is -1.46. The number of aryl methyl sites for hydroxylation is 2. The van der Waals surface area contributed by atoms with Gasteiger partial charge in [0.2, 0.25) is 11.8 Å². The number of benzene rings is 1. The molecule has 2 amide bonds. The fourth-order valence-corrected chi connectivity index (χ4v) is 4.73. The molecule has 0 spiro atoms.